The van der Waals surface area contributed by atoms with E-state index in [-0.39, 0.29) is 18.5 Å². The molecule has 0 aromatic carbocycles. The molecule has 440 valence electrons. The molecule has 2 atom stereocenters. The molecule has 6 heteroatoms. The molecule has 0 heterocycles. The molecule has 0 aromatic rings. The highest BCUT2D eigenvalue weighted by Crippen LogP contribution is 2.19. The zero-order valence-electron chi connectivity index (χ0n) is 50.4. The lowest BCUT2D eigenvalue weighted by atomic mass is 10.0. The fraction of sp³-hybridized carbons (Fsp3) is 0.941. The summed E-state index contributed by atoms with van der Waals surface area (Å²) in [5.41, 5.74) is 0. The van der Waals surface area contributed by atoms with Crippen LogP contribution in [0.5, 0.6) is 0 Å². The molecule has 0 radical (unpaired) electrons. The fourth-order valence-corrected chi connectivity index (χ4v) is 10.9. The minimum atomic E-state index is -0.669. The highest BCUT2D eigenvalue weighted by atomic mass is 16.5. The van der Waals surface area contributed by atoms with Crippen molar-refractivity contribution in [2.45, 2.75) is 398 Å². The summed E-state index contributed by atoms with van der Waals surface area (Å²) in [6.45, 7) is 4.99. The highest BCUT2D eigenvalue weighted by Gasteiger charge is 2.20. The highest BCUT2D eigenvalue weighted by molar-refractivity contribution is 5.76. The van der Waals surface area contributed by atoms with Crippen LogP contribution in [0.3, 0.4) is 0 Å². The third-order valence-corrected chi connectivity index (χ3v) is 16.1. The molecule has 2 unspecified atom stereocenters. The second-order valence-electron chi connectivity index (χ2n) is 23.5. The van der Waals surface area contributed by atoms with Gasteiger partial charge in [0.2, 0.25) is 5.91 Å². The van der Waals surface area contributed by atoms with Gasteiger partial charge in [-0.25, -0.2) is 0 Å². The van der Waals surface area contributed by atoms with Gasteiger partial charge in [-0.1, -0.05) is 334 Å². The number of aliphatic hydroxyl groups is 2. The normalized spacial score (nSPS) is 12.5. The third-order valence-electron chi connectivity index (χ3n) is 16.1. The van der Waals surface area contributed by atoms with E-state index in [0.717, 1.165) is 38.5 Å². The number of nitrogens with one attached hydrogen (secondary N) is 1. The smallest absolute Gasteiger partial charge is 0.305 e. The predicted molar refractivity (Wildman–Crippen MR) is 324 cm³/mol. The molecule has 6 nitrogen and oxygen atoms in total. The Morgan fingerprint density at radius 1 is 0.365 bits per heavy atom. The zero-order valence-corrected chi connectivity index (χ0v) is 50.4. The van der Waals surface area contributed by atoms with Gasteiger partial charge in [-0.05, 0) is 51.4 Å². The van der Waals surface area contributed by atoms with E-state index in [9.17, 15) is 19.8 Å². The Kier molecular flexibility index (Phi) is 62.9. The summed E-state index contributed by atoms with van der Waals surface area (Å²) in [7, 11) is 0. The van der Waals surface area contributed by atoms with Gasteiger partial charge < -0.3 is 20.3 Å². The number of ether oxygens (including phenoxy) is 1. The van der Waals surface area contributed by atoms with Gasteiger partial charge >= 0.3 is 5.97 Å². The van der Waals surface area contributed by atoms with Crippen LogP contribution in [0.25, 0.3) is 0 Å². The van der Waals surface area contributed by atoms with Crippen molar-refractivity contribution in [2.75, 3.05) is 13.2 Å². The van der Waals surface area contributed by atoms with E-state index in [0.29, 0.717) is 25.9 Å². The summed E-state index contributed by atoms with van der Waals surface area (Å²) >= 11 is 0. The first-order chi connectivity index (χ1) is 36.5. The number of amides is 1. The Hall–Kier alpha value is -1.40. The Labute approximate surface area is 463 Å². The second-order valence-corrected chi connectivity index (χ2v) is 23.5. The third kappa shape index (κ3) is 59.8. The van der Waals surface area contributed by atoms with Crippen LogP contribution in [0, 0.1) is 0 Å². The largest absolute Gasteiger partial charge is 0.466 e. The molecule has 0 bridgehead atoms. The molecule has 74 heavy (non-hydrogen) atoms. The van der Waals surface area contributed by atoms with Gasteiger partial charge in [0.1, 0.15) is 0 Å². The minimum Gasteiger partial charge on any atom is -0.466 e. The Morgan fingerprint density at radius 3 is 0.959 bits per heavy atom. The standard InChI is InChI=1S/C68H133NO5/c1-3-5-7-9-11-13-15-17-19-21-22-26-29-32-36-40-44-48-52-56-60-66(71)65(64-70)69-67(72)61-57-53-49-45-41-37-33-30-27-24-23-25-28-31-35-39-43-47-51-55-59-63-74-68(73)62-58-54-50-46-42-38-34-20-18-16-14-12-10-8-6-4-2/h24,27,65-66,70-71H,3-23,25-26,28-64H2,1-2H3,(H,69,72)/b27-24-. The molecule has 0 aliphatic rings. The van der Waals surface area contributed by atoms with E-state index in [1.807, 2.05) is 0 Å². The van der Waals surface area contributed by atoms with Crippen LogP contribution in [0.2, 0.25) is 0 Å². The van der Waals surface area contributed by atoms with Crippen LogP contribution in [-0.4, -0.2) is 47.4 Å². The van der Waals surface area contributed by atoms with Crippen molar-refractivity contribution in [2.24, 2.45) is 0 Å². The first-order valence-corrected chi connectivity index (χ1v) is 33.9. The number of unbranched alkanes of at least 4 members (excludes halogenated alkanes) is 51. The summed E-state index contributed by atoms with van der Waals surface area (Å²) in [5.74, 6) is -0.0256. The number of esters is 1. The van der Waals surface area contributed by atoms with Gasteiger partial charge in [0.25, 0.3) is 0 Å². The molecule has 1 amide bonds. The first kappa shape index (κ1) is 72.6. The summed E-state index contributed by atoms with van der Waals surface area (Å²) in [6, 6.07) is -0.547. The van der Waals surface area contributed by atoms with Crippen LogP contribution < -0.4 is 5.32 Å². The molecule has 0 aromatic heterocycles. The lowest BCUT2D eigenvalue weighted by molar-refractivity contribution is -0.143. The maximum Gasteiger partial charge on any atom is 0.305 e. The quantitative estimate of drug-likeness (QED) is 0.0320. The molecule has 0 fully saturated rings. The average molecular weight is 1040 g/mol. The Morgan fingerprint density at radius 2 is 0.635 bits per heavy atom. The van der Waals surface area contributed by atoms with Crippen LogP contribution in [0.4, 0.5) is 0 Å². The van der Waals surface area contributed by atoms with E-state index in [1.54, 1.807) is 0 Å². The van der Waals surface area contributed by atoms with Gasteiger partial charge in [-0.15, -0.1) is 0 Å². The maximum absolute atomic E-state index is 12.5. The van der Waals surface area contributed by atoms with Crippen molar-refractivity contribution in [1.82, 2.24) is 5.32 Å². The van der Waals surface area contributed by atoms with Crippen LogP contribution in [0.15, 0.2) is 12.2 Å². The van der Waals surface area contributed by atoms with E-state index in [2.05, 4.69) is 31.3 Å². The SMILES string of the molecule is CCCCCCCCCCCCCCCCCCCCCCC(O)C(CO)NC(=O)CCCCCCCCC/C=C\CCCCCCCCCCCCOC(=O)CCCCCCCCCCCCCCCCCC. The summed E-state index contributed by atoms with van der Waals surface area (Å²) < 4.78 is 5.50. The van der Waals surface area contributed by atoms with Crippen molar-refractivity contribution >= 4 is 11.9 Å². The number of rotatable bonds is 64. The summed E-state index contributed by atoms with van der Waals surface area (Å²) in [5, 5.41) is 23.4. The van der Waals surface area contributed by atoms with Gasteiger partial charge in [0.15, 0.2) is 0 Å². The monoisotopic (exact) mass is 1040 g/mol. The molecule has 0 saturated heterocycles. The van der Waals surface area contributed by atoms with E-state index in [4.69, 9.17) is 4.74 Å². The van der Waals surface area contributed by atoms with Crippen molar-refractivity contribution < 1.29 is 24.5 Å². The Bertz CT molecular complexity index is 1110. The van der Waals surface area contributed by atoms with Gasteiger partial charge in [0.05, 0.1) is 25.4 Å². The molecule has 0 aliphatic heterocycles. The molecule has 0 saturated carbocycles. The van der Waals surface area contributed by atoms with Gasteiger partial charge in [0, 0.05) is 12.8 Å². The van der Waals surface area contributed by atoms with Crippen molar-refractivity contribution in [3.63, 3.8) is 0 Å². The lowest BCUT2D eigenvalue weighted by Gasteiger charge is -2.22. The molecule has 0 spiro atoms. The topological polar surface area (TPSA) is 95.9 Å². The summed E-state index contributed by atoms with van der Waals surface area (Å²) in [6.07, 6.45) is 78.1. The van der Waals surface area contributed by atoms with Crippen LogP contribution >= 0.6 is 0 Å². The molecular formula is C68H133NO5. The molecular weight excluding hydrogens is 911 g/mol. The van der Waals surface area contributed by atoms with Gasteiger partial charge in [-0.3, -0.25) is 9.59 Å². The van der Waals surface area contributed by atoms with E-state index < -0.39 is 12.1 Å². The fourth-order valence-electron chi connectivity index (χ4n) is 10.9. The number of hydrogen-bond donors (Lipinski definition) is 3. The zero-order chi connectivity index (χ0) is 53.6. The van der Waals surface area contributed by atoms with Crippen molar-refractivity contribution in [3.8, 4) is 0 Å². The van der Waals surface area contributed by atoms with Crippen LogP contribution in [0.1, 0.15) is 386 Å². The van der Waals surface area contributed by atoms with Crippen LogP contribution in [-0.2, 0) is 14.3 Å². The first-order valence-electron chi connectivity index (χ1n) is 33.9. The van der Waals surface area contributed by atoms with Crippen molar-refractivity contribution in [1.29, 1.82) is 0 Å². The average Bonchev–Trinajstić information content (AvgIpc) is 3.40. The second kappa shape index (κ2) is 64.1. The molecule has 0 rings (SSSR count). The lowest BCUT2D eigenvalue weighted by Crippen LogP contribution is -2.45. The predicted octanol–water partition coefficient (Wildman–Crippen LogP) is 21.6. The minimum absolute atomic E-state index is 0.0128. The van der Waals surface area contributed by atoms with E-state index in [1.165, 1.54) is 315 Å². The number of carbonyl (C=O) groups excluding carboxylic acids is 2. The number of hydrogen-bond acceptors (Lipinski definition) is 5. The number of aliphatic hydroxyl groups excluding tert-OH is 2. The number of carbonyl (C=O) groups is 2. The summed E-state index contributed by atoms with van der Waals surface area (Å²) in [4.78, 5) is 24.6. The Balaban J connectivity index is 3.40. The van der Waals surface area contributed by atoms with E-state index >= 15 is 0 Å². The molecule has 0 aliphatic carbocycles. The van der Waals surface area contributed by atoms with Crippen molar-refractivity contribution in [3.05, 3.63) is 12.2 Å². The molecule has 3 N–H and O–H groups in total. The maximum atomic E-state index is 12.5. The number of allylic oxidation sites excluding steroid dienone is 2. The van der Waals surface area contributed by atoms with Gasteiger partial charge in [-0.2, -0.15) is 0 Å².